The van der Waals surface area contributed by atoms with Gasteiger partial charge in [-0.25, -0.2) is 0 Å². The van der Waals surface area contributed by atoms with Gasteiger partial charge >= 0.3 is 0 Å². The molecule has 0 bridgehead atoms. The van der Waals surface area contributed by atoms with Gasteiger partial charge in [-0.15, -0.1) is 0 Å². The fourth-order valence-electron chi connectivity index (χ4n) is 4.75. The van der Waals surface area contributed by atoms with E-state index in [1.54, 1.807) is 4.90 Å². The molecule has 3 fully saturated rings. The fraction of sp³-hybridized carbons (Fsp3) is 0.500. The number of fused-ring (bicyclic) bond motifs is 2. The maximum Gasteiger partial charge on any atom is 0.249 e. The van der Waals surface area contributed by atoms with Gasteiger partial charge in [0.05, 0.1) is 11.1 Å². The van der Waals surface area contributed by atoms with Crippen molar-refractivity contribution in [2.24, 2.45) is 0 Å². The molecular weight excluding hydrogens is 346 g/mol. The number of rotatable bonds is 2. The van der Waals surface area contributed by atoms with E-state index >= 15 is 0 Å². The van der Waals surface area contributed by atoms with E-state index < -0.39 is 17.4 Å². The number of ketones is 1. The summed E-state index contributed by atoms with van der Waals surface area (Å²) in [5.74, 6) is -0.415. The molecule has 1 atom stereocenters. The zero-order chi connectivity index (χ0) is 18.8. The van der Waals surface area contributed by atoms with Gasteiger partial charge < -0.3 is 4.90 Å². The number of nitrogens with one attached hydrogen (secondary N) is 1. The molecule has 3 amide bonds. The first-order valence-corrected chi connectivity index (χ1v) is 9.59. The van der Waals surface area contributed by atoms with E-state index in [0.29, 0.717) is 32.4 Å². The maximum absolute atomic E-state index is 13.3. The second kappa shape index (κ2) is 5.65. The molecule has 3 aliphatic heterocycles. The van der Waals surface area contributed by atoms with Gasteiger partial charge in [-0.1, -0.05) is 6.07 Å². The minimum absolute atomic E-state index is 0.0208. The minimum atomic E-state index is -0.632. The Morgan fingerprint density at radius 1 is 0.963 bits per heavy atom. The van der Waals surface area contributed by atoms with E-state index in [9.17, 15) is 19.2 Å². The molecule has 7 nitrogen and oxygen atoms in total. The topological polar surface area (TPSA) is 86.8 Å². The van der Waals surface area contributed by atoms with Crippen LogP contribution in [-0.4, -0.2) is 42.6 Å². The summed E-state index contributed by atoms with van der Waals surface area (Å²) in [6.07, 6.45) is 3.23. The van der Waals surface area contributed by atoms with E-state index in [-0.39, 0.29) is 24.0 Å². The van der Waals surface area contributed by atoms with Crippen molar-refractivity contribution >= 4 is 34.9 Å². The first kappa shape index (κ1) is 16.5. The molecule has 5 rings (SSSR count). The third-order valence-corrected chi connectivity index (χ3v) is 6.32. The van der Waals surface area contributed by atoms with Gasteiger partial charge in [0.15, 0.2) is 0 Å². The molecule has 0 aromatic heterocycles. The molecule has 2 saturated heterocycles. The van der Waals surface area contributed by atoms with Gasteiger partial charge in [0.2, 0.25) is 17.7 Å². The van der Waals surface area contributed by atoms with E-state index in [2.05, 4.69) is 10.2 Å². The number of carbonyl (C=O) groups is 4. The summed E-state index contributed by atoms with van der Waals surface area (Å²) in [4.78, 5) is 52.7. The molecule has 1 saturated carbocycles. The predicted molar refractivity (Wildman–Crippen MR) is 97.5 cm³/mol. The zero-order valence-corrected chi connectivity index (χ0v) is 15.0. The Morgan fingerprint density at radius 3 is 2.33 bits per heavy atom. The SMILES string of the molecule is O=C1CCN(c2cccc3c2C2(CC2)C(=O)N3C2CCC(=O)NC2=O)CC1. The highest BCUT2D eigenvalue weighted by Crippen LogP contribution is 2.60. The molecule has 1 aromatic rings. The lowest BCUT2D eigenvalue weighted by molar-refractivity contribution is -0.135. The molecule has 1 unspecified atom stereocenters. The van der Waals surface area contributed by atoms with Gasteiger partial charge in [0, 0.05) is 43.6 Å². The van der Waals surface area contributed by atoms with Crippen LogP contribution < -0.4 is 15.1 Å². The van der Waals surface area contributed by atoms with Crippen LogP contribution in [0.4, 0.5) is 11.4 Å². The lowest BCUT2D eigenvalue weighted by atomic mass is 9.94. The number of Topliss-reactive ketones (excluding diaryl/α,β-unsaturated/α-hetero) is 1. The Balaban J connectivity index is 1.57. The Kier molecular flexibility index (Phi) is 3.44. The monoisotopic (exact) mass is 367 g/mol. The molecule has 27 heavy (non-hydrogen) atoms. The first-order chi connectivity index (χ1) is 13.0. The number of anilines is 2. The quantitative estimate of drug-likeness (QED) is 0.790. The predicted octanol–water partition coefficient (Wildman–Crippen LogP) is 1.04. The number of benzene rings is 1. The first-order valence-electron chi connectivity index (χ1n) is 9.59. The van der Waals surface area contributed by atoms with Crippen LogP contribution in [-0.2, 0) is 24.6 Å². The van der Waals surface area contributed by atoms with Crippen LogP contribution in [0.5, 0.6) is 0 Å². The molecule has 1 aliphatic carbocycles. The number of piperidine rings is 2. The molecule has 0 radical (unpaired) electrons. The van der Waals surface area contributed by atoms with Gasteiger partial charge in [0.1, 0.15) is 11.8 Å². The summed E-state index contributed by atoms with van der Waals surface area (Å²) in [5, 5.41) is 2.37. The van der Waals surface area contributed by atoms with Gasteiger partial charge in [-0.3, -0.25) is 29.4 Å². The highest BCUT2D eigenvalue weighted by Gasteiger charge is 2.62. The van der Waals surface area contributed by atoms with Crippen molar-refractivity contribution in [1.29, 1.82) is 0 Å². The Hall–Kier alpha value is -2.70. The number of hydrogen-bond acceptors (Lipinski definition) is 5. The van der Waals surface area contributed by atoms with E-state index in [1.807, 2.05) is 18.2 Å². The van der Waals surface area contributed by atoms with Crippen LogP contribution in [0.25, 0.3) is 0 Å². The summed E-state index contributed by atoms with van der Waals surface area (Å²) in [5.41, 5.74) is 2.28. The number of imide groups is 1. The van der Waals surface area contributed by atoms with Crippen LogP contribution in [0.3, 0.4) is 0 Å². The Labute approximate surface area is 156 Å². The summed E-state index contributed by atoms with van der Waals surface area (Å²) in [6, 6.07) is 5.21. The van der Waals surface area contributed by atoms with Crippen molar-refractivity contribution in [1.82, 2.24) is 5.32 Å². The smallest absolute Gasteiger partial charge is 0.249 e. The second-order valence-electron chi connectivity index (χ2n) is 7.92. The number of amides is 3. The van der Waals surface area contributed by atoms with Crippen molar-refractivity contribution < 1.29 is 19.2 Å². The Bertz CT molecular complexity index is 879. The minimum Gasteiger partial charge on any atom is -0.370 e. The normalized spacial score (nSPS) is 26.4. The largest absolute Gasteiger partial charge is 0.370 e. The van der Waals surface area contributed by atoms with Gasteiger partial charge in [-0.05, 0) is 31.4 Å². The lowest BCUT2D eigenvalue weighted by Gasteiger charge is -2.32. The third-order valence-electron chi connectivity index (χ3n) is 6.32. The van der Waals surface area contributed by atoms with Crippen LogP contribution in [0.2, 0.25) is 0 Å². The molecule has 1 spiro atoms. The molecule has 4 aliphatic rings. The van der Waals surface area contributed by atoms with Crippen molar-refractivity contribution in [3.8, 4) is 0 Å². The highest BCUT2D eigenvalue weighted by atomic mass is 16.2. The standard InChI is InChI=1S/C20H21N3O4/c24-12-6-10-22(11-7-12)13-2-1-3-14-17(13)20(8-9-20)19(27)23(14)15-4-5-16(25)21-18(15)26/h1-3,15H,4-11H2,(H,21,25,26). The lowest BCUT2D eigenvalue weighted by Crippen LogP contribution is -2.54. The van der Waals surface area contributed by atoms with E-state index in [4.69, 9.17) is 0 Å². The molecule has 7 heteroatoms. The van der Waals surface area contributed by atoms with Crippen molar-refractivity contribution in [3.63, 3.8) is 0 Å². The number of nitrogens with zero attached hydrogens (tertiary/aromatic N) is 2. The summed E-state index contributed by atoms with van der Waals surface area (Å²) in [7, 11) is 0. The van der Waals surface area contributed by atoms with E-state index in [1.165, 1.54) is 0 Å². The second-order valence-corrected chi connectivity index (χ2v) is 7.92. The van der Waals surface area contributed by atoms with Crippen molar-refractivity contribution in [2.45, 2.75) is 50.0 Å². The van der Waals surface area contributed by atoms with Crippen LogP contribution in [0.15, 0.2) is 18.2 Å². The van der Waals surface area contributed by atoms with Crippen LogP contribution in [0.1, 0.15) is 44.1 Å². The number of carbonyl (C=O) groups excluding carboxylic acids is 4. The van der Waals surface area contributed by atoms with E-state index in [0.717, 1.165) is 29.8 Å². The fourth-order valence-corrected chi connectivity index (χ4v) is 4.75. The Morgan fingerprint density at radius 2 is 1.67 bits per heavy atom. The summed E-state index contributed by atoms with van der Waals surface area (Å²) in [6.45, 7) is 1.33. The van der Waals surface area contributed by atoms with Gasteiger partial charge in [-0.2, -0.15) is 0 Å². The molecule has 1 N–H and O–H groups in total. The average Bonchev–Trinajstić information content (AvgIpc) is 3.41. The highest BCUT2D eigenvalue weighted by molar-refractivity contribution is 6.16. The average molecular weight is 367 g/mol. The molecule has 3 heterocycles. The third kappa shape index (κ3) is 2.33. The summed E-state index contributed by atoms with van der Waals surface area (Å²) < 4.78 is 0. The van der Waals surface area contributed by atoms with Crippen LogP contribution in [0, 0.1) is 0 Å². The molecular formula is C20H21N3O4. The number of hydrogen-bond donors (Lipinski definition) is 1. The van der Waals surface area contributed by atoms with Crippen LogP contribution >= 0.6 is 0 Å². The summed E-state index contributed by atoms with van der Waals surface area (Å²) >= 11 is 0. The van der Waals surface area contributed by atoms with Crippen molar-refractivity contribution in [2.75, 3.05) is 22.9 Å². The maximum atomic E-state index is 13.3. The van der Waals surface area contributed by atoms with Gasteiger partial charge in [0.25, 0.3) is 0 Å². The van der Waals surface area contributed by atoms with Crippen molar-refractivity contribution in [3.05, 3.63) is 23.8 Å². The molecule has 140 valence electrons. The zero-order valence-electron chi connectivity index (χ0n) is 15.0. The molecule has 1 aromatic carbocycles.